The number of rotatable bonds is 11. The van der Waals surface area contributed by atoms with Gasteiger partial charge in [0.1, 0.15) is 24.7 Å². The van der Waals surface area contributed by atoms with Crippen LogP contribution in [0, 0.1) is 6.92 Å². The summed E-state index contributed by atoms with van der Waals surface area (Å²) in [6, 6.07) is 23.5. The summed E-state index contributed by atoms with van der Waals surface area (Å²) in [5.74, 6) is 2.23. The van der Waals surface area contributed by atoms with Gasteiger partial charge in [-0.15, -0.1) is 0 Å². The van der Waals surface area contributed by atoms with Gasteiger partial charge in [0.25, 0.3) is 0 Å². The van der Waals surface area contributed by atoms with Crippen molar-refractivity contribution in [2.24, 2.45) is 0 Å². The van der Waals surface area contributed by atoms with Crippen molar-refractivity contribution in [2.75, 3.05) is 51.4 Å². The molecule has 0 amide bonds. The van der Waals surface area contributed by atoms with Crippen LogP contribution in [0.3, 0.4) is 0 Å². The van der Waals surface area contributed by atoms with Crippen molar-refractivity contribution in [3.63, 3.8) is 0 Å². The highest BCUT2D eigenvalue weighted by Gasteiger charge is 2.27. The van der Waals surface area contributed by atoms with Crippen molar-refractivity contribution < 1.29 is 18.9 Å². The lowest BCUT2D eigenvalue weighted by Gasteiger charge is -2.33. The summed E-state index contributed by atoms with van der Waals surface area (Å²) in [5, 5.41) is 3.53. The molecule has 3 aromatic carbocycles. The third-order valence-corrected chi connectivity index (χ3v) is 7.48. The number of hydrogen-bond acceptors (Lipinski definition) is 6. The van der Waals surface area contributed by atoms with Crippen LogP contribution in [0.1, 0.15) is 41.0 Å². The molecule has 38 heavy (non-hydrogen) atoms. The molecule has 0 aliphatic carbocycles. The smallest absolute Gasteiger partial charge is 0.142 e. The van der Waals surface area contributed by atoms with Crippen LogP contribution < -0.4 is 19.7 Å². The molecule has 2 aliphatic rings. The first-order valence-corrected chi connectivity index (χ1v) is 13.8. The van der Waals surface area contributed by atoms with E-state index in [0.717, 1.165) is 69.4 Å². The zero-order valence-corrected chi connectivity index (χ0v) is 22.7. The Labute approximate surface area is 226 Å². The fraction of sp³-hybridized carbons (Fsp3) is 0.438. The van der Waals surface area contributed by atoms with Gasteiger partial charge in [-0.25, -0.2) is 0 Å². The third-order valence-electron chi connectivity index (χ3n) is 7.48. The molecule has 6 heteroatoms. The van der Waals surface area contributed by atoms with Crippen molar-refractivity contribution in [3.05, 3.63) is 89.0 Å². The summed E-state index contributed by atoms with van der Waals surface area (Å²) in [6.07, 6.45) is 2.20. The molecular weight excluding hydrogens is 476 g/mol. The molecule has 202 valence electrons. The largest absolute Gasteiger partial charge is 0.490 e. The van der Waals surface area contributed by atoms with Crippen LogP contribution in [0.2, 0.25) is 0 Å². The summed E-state index contributed by atoms with van der Waals surface area (Å²) in [5.41, 5.74) is 6.08. The standard InChI is InChI=1S/C32H40N2O4/c1-24-4-11-28(12-5-24)37-22-25-6-9-27(10-7-25)29-14-15-33-21-32(29)38-23-26-8-13-31-30(20-26)34(17-19-36-31)16-3-18-35-2/h4-13,20,29,32-33H,3,14-19,21-23H2,1-2H3/t29-,32+/m1/s1. The fourth-order valence-corrected chi connectivity index (χ4v) is 5.29. The summed E-state index contributed by atoms with van der Waals surface area (Å²) in [6.45, 7) is 8.48. The first kappa shape index (κ1) is 26.5. The van der Waals surface area contributed by atoms with Crippen LogP contribution in [0.5, 0.6) is 11.5 Å². The molecule has 0 saturated carbocycles. The second-order valence-corrected chi connectivity index (χ2v) is 10.3. The van der Waals surface area contributed by atoms with Gasteiger partial charge in [0.2, 0.25) is 0 Å². The van der Waals surface area contributed by atoms with E-state index in [4.69, 9.17) is 18.9 Å². The Hall–Kier alpha value is -3.06. The van der Waals surface area contributed by atoms with Gasteiger partial charge in [-0.3, -0.25) is 0 Å². The van der Waals surface area contributed by atoms with Crippen LogP contribution in [-0.4, -0.2) is 52.6 Å². The lowest BCUT2D eigenvalue weighted by Crippen LogP contribution is -2.41. The van der Waals surface area contributed by atoms with Gasteiger partial charge in [-0.2, -0.15) is 0 Å². The van der Waals surface area contributed by atoms with Gasteiger partial charge in [0, 0.05) is 32.7 Å². The maximum atomic E-state index is 6.54. The second-order valence-electron chi connectivity index (χ2n) is 10.3. The minimum Gasteiger partial charge on any atom is -0.490 e. The number of ether oxygens (including phenoxy) is 4. The second kappa shape index (κ2) is 13.1. The van der Waals surface area contributed by atoms with Crippen LogP contribution >= 0.6 is 0 Å². The zero-order chi connectivity index (χ0) is 26.2. The van der Waals surface area contributed by atoms with E-state index in [2.05, 4.69) is 71.7 Å². The summed E-state index contributed by atoms with van der Waals surface area (Å²) in [4.78, 5) is 2.40. The number of aryl methyl sites for hydroxylation is 1. The van der Waals surface area contributed by atoms with Gasteiger partial charge in [-0.05, 0) is 67.3 Å². The van der Waals surface area contributed by atoms with E-state index in [1.807, 2.05) is 12.1 Å². The van der Waals surface area contributed by atoms with E-state index in [1.54, 1.807) is 7.11 Å². The molecule has 2 heterocycles. The molecule has 1 saturated heterocycles. The highest BCUT2D eigenvalue weighted by Crippen LogP contribution is 2.34. The summed E-state index contributed by atoms with van der Waals surface area (Å²) in [7, 11) is 1.76. The minimum absolute atomic E-state index is 0.128. The molecule has 3 aromatic rings. The first-order chi connectivity index (χ1) is 18.7. The Kier molecular flexibility index (Phi) is 9.18. The molecule has 0 aromatic heterocycles. The Balaban J connectivity index is 1.19. The predicted octanol–water partition coefficient (Wildman–Crippen LogP) is 5.47. The molecule has 2 atom stereocenters. The average molecular weight is 517 g/mol. The lowest BCUT2D eigenvalue weighted by molar-refractivity contribution is 0.0106. The van der Waals surface area contributed by atoms with Crippen molar-refractivity contribution >= 4 is 5.69 Å². The molecule has 0 spiro atoms. The Bertz CT molecular complexity index is 1150. The Morgan fingerprint density at radius 1 is 0.974 bits per heavy atom. The third kappa shape index (κ3) is 6.87. The van der Waals surface area contributed by atoms with E-state index >= 15 is 0 Å². The molecule has 1 N–H and O–H groups in total. The van der Waals surface area contributed by atoms with E-state index in [0.29, 0.717) is 19.1 Å². The first-order valence-electron chi connectivity index (χ1n) is 13.8. The topological polar surface area (TPSA) is 52.2 Å². The highest BCUT2D eigenvalue weighted by molar-refractivity contribution is 5.61. The number of benzene rings is 3. The number of fused-ring (bicyclic) bond motifs is 1. The number of piperidine rings is 1. The lowest BCUT2D eigenvalue weighted by atomic mass is 9.87. The molecule has 2 aliphatic heterocycles. The van der Waals surface area contributed by atoms with E-state index in [1.165, 1.54) is 22.3 Å². The van der Waals surface area contributed by atoms with Crippen molar-refractivity contribution in [2.45, 2.75) is 45.0 Å². The number of methoxy groups -OCH3 is 1. The molecule has 0 radical (unpaired) electrons. The van der Waals surface area contributed by atoms with E-state index in [9.17, 15) is 0 Å². The molecule has 1 fully saturated rings. The predicted molar refractivity (Wildman–Crippen MR) is 151 cm³/mol. The Morgan fingerprint density at radius 2 is 1.79 bits per heavy atom. The maximum Gasteiger partial charge on any atom is 0.142 e. The van der Waals surface area contributed by atoms with Crippen molar-refractivity contribution in [3.8, 4) is 11.5 Å². The number of hydrogen-bond donors (Lipinski definition) is 1. The van der Waals surface area contributed by atoms with E-state index < -0.39 is 0 Å². The van der Waals surface area contributed by atoms with Gasteiger partial charge in [-0.1, -0.05) is 48.0 Å². The molecule has 0 bridgehead atoms. The van der Waals surface area contributed by atoms with Crippen LogP contribution in [0.15, 0.2) is 66.7 Å². The number of nitrogens with zero attached hydrogens (tertiary/aromatic N) is 1. The SMILES string of the molecule is COCCCN1CCOc2ccc(CO[C@H]3CNCC[C@@H]3c3ccc(COc4ccc(C)cc4)cc3)cc21. The maximum absolute atomic E-state index is 6.54. The Morgan fingerprint density at radius 3 is 2.61 bits per heavy atom. The summed E-state index contributed by atoms with van der Waals surface area (Å²) >= 11 is 0. The highest BCUT2D eigenvalue weighted by atomic mass is 16.5. The van der Waals surface area contributed by atoms with Crippen LogP contribution in [0.25, 0.3) is 0 Å². The number of anilines is 1. The monoisotopic (exact) mass is 516 g/mol. The van der Waals surface area contributed by atoms with Crippen LogP contribution in [-0.2, 0) is 22.7 Å². The van der Waals surface area contributed by atoms with Gasteiger partial charge < -0.3 is 29.2 Å². The van der Waals surface area contributed by atoms with Gasteiger partial charge in [0.05, 0.1) is 24.9 Å². The minimum atomic E-state index is 0.128. The van der Waals surface area contributed by atoms with E-state index in [-0.39, 0.29) is 6.10 Å². The van der Waals surface area contributed by atoms with Gasteiger partial charge in [0.15, 0.2) is 0 Å². The molecular formula is C32H40N2O4. The van der Waals surface area contributed by atoms with Crippen molar-refractivity contribution in [1.29, 1.82) is 0 Å². The normalized spacial score (nSPS) is 19.1. The fourth-order valence-electron chi connectivity index (χ4n) is 5.29. The quantitative estimate of drug-likeness (QED) is 0.341. The summed E-state index contributed by atoms with van der Waals surface area (Å²) < 4.78 is 23.7. The molecule has 5 rings (SSSR count). The molecule has 6 nitrogen and oxygen atoms in total. The number of nitrogens with one attached hydrogen (secondary N) is 1. The molecule has 0 unspecified atom stereocenters. The van der Waals surface area contributed by atoms with Crippen LogP contribution in [0.4, 0.5) is 5.69 Å². The zero-order valence-electron chi connectivity index (χ0n) is 22.7. The van der Waals surface area contributed by atoms with Crippen molar-refractivity contribution in [1.82, 2.24) is 5.32 Å². The van der Waals surface area contributed by atoms with Gasteiger partial charge >= 0.3 is 0 Å². The average Bonchev–Trinajstić information content (AvgIpc) is 2.96.